The molecule has 0 radical (unpaired) electrons. The first-order valence-electron chi connectivity index (χ1n) is 6.84. The molecule has 0 atom stereocenters. The number of carbonyl (C=O) groups excluding carboxylic acids is 1. The van der Waals surface area contributed by atoms with Crippen molar-refractivity contribution in [3.05, 3.63) is 24.0 Å². The average Bonchev–Trinajstić information content (AvgIpc) is 2.37. The van der Waals surface area contributed by atoms with Crippen LogP contribution >= 0.6 is 0 Å². The zero-order valence-corrected chi connectivity index (χ0v) is 12.7. The molecule has 0 aliphatic heterocycles. The standard InChI is InChI=1S/C15H23FN2O3/c1-15(2,3)21-9-8-20-7-6-14(19)18-13-10-11(17)4-5-12(13)16/h4-5,10H,6-9,17H2,1-3H3,(H,18,19). The number of benzene rings is 1. The van der Waals surface area contributed by atoms with Gasteiger partial charge in [-0.2, -0.15) is 0 Å². The van der Waals surface area contributed by atoms with Gasteiger partial charge in [0.25, 0.3) is 0 Å². The van der Waals surface area contributed by atoms with Crippen molar-refractivity contribution in [3.8, 4) is 0 Å². The Labute approximate surface area is 124 Å². The zero-order valence-electron chi connectivity index (χ0n) is 12.7. The van der Waals surface area contributed by atoms with Gasteiger partial charge in [0.15, 0.2) is 0 Å². The molecule has 118 valence electrons. The number of hydrogen-bond acceptors (Lipinski definition) is 4. The minimum Gasteiger partial charge on any atom is -0.399 e. The van der Waals surface area contributed by atoms with Crippen molar-refractivity contribution in [2.24, 2.45) is 0 Å². The van der Waals surface area contributed by atoms with E-state index in [1.807, 2.05) is 20.8 Å². The van der Waals surface area contributed by atoms with E-state index in [2.05, 4.69) is 5.32 Å². The third-order valence-corrected chi connectivity index (χ3v) is 2.50. The number of nitrogens with one attached hydrogen (secondary N) is 1. The van der Waals surface area contributed by atoms with Gasteiger partial charge >= 0.3 is 0 Å². The second kappa shape index (κ2) is 7.95. The number of halogens is 1. The summed E-state index contributed by atoms with van der Waals surface area (Å²) in [6.45, 7) is 7.01. The number of rotatable bonds is 7. The highest BCUT2D eigenvalue weighted by Gasteiger charge is 2.10. The Morgan fingerprint density at radius 2 is 2.00 bits per heavy atom. The van der Waals surface area contributed by atoms with Crippen molar-refractivity contribution in [3.63, 3.8) is 0 Å². The molecule has 0 aliphatic carbocycles. The molecule has 0 heterocycles. The lowest BCUT2D eigenvalue weighted by Crippen LogP contribution is -2.22. The van der Waals surface area contributed by atoms with Crippen LogP contribution in [0, 0.1) is 5.82 Å². The predicted molar refractivity (Wildman–Crippen MR) is 80.6 cm³/mol. The van der Waals surface area contributed by atoms with Crippen molar-refractivity contribution in [1.82, 2.24) is 0 Å². The quantitative estimate of drug-likeness (QED) is 0.599. The van der Waals surface area contributed by atoms with Crippen LogP contribution in [0.3, 0.4) is 0 Å². The third-order valence-electron chi connectivity index (χ3n) is 2.50. The molecular formula is C15H23FN2O3. The number of ether oxygens (including phenoxy) is 2. The number of carbonyl (C=O) groups is 1. The van der Waals surface area contributed by atoms with Gasteiger partial charge in [-0.1, -0.05) is 0 Å². The van der Waals surface area contributed by atoms with E-state index >= 15 is 0 Å². The molecule has 1 rings (SSSR count). The summed E-state index contributed by atoms with van der Waals surface area (Å²) < 4.78 is 24.2. The van der Waals surface area contributed by atoms with Crippen molar-refractivity contribution in [2.45, 2.75) is 32.8 Å². The zero-order chi connectivity index (χ0) is 15.9. The first-order chi connectivity index (χ1) is 9.78. The number of nitrogens with two attached hydrogens (primary N) is 1. The monoisotopic (exact) mass is 298 g/mol. The van der Waals surface area contributed by atoms with Gasteiger partial charge in [0.05, 0.1) is 37.5 Å². The second-order valence-electron chi connectivity index (χ2n) is 5.61. The highest BCUT2D eigenvalue weighted by molar-refractivity contribution is 5.91. The van der Waals surface area contributed by atoms with Crippen LogP contribution in [0.4, 0.5) is 15.8 Å². The van der Waals surface area contributed by atoms with Crippen LogP contribution in [0.15, 0.2) is 18.2 Å². The Morgan fingerprint density at radius 1 is 1.29 bits per heavy atom. The van der Waals surface area contributed by atoms with Crippen LogP contribution < -0.4 is 11.1 Å². The van der Waals surface area contributed by atoms with E-state index in [4.69, 9.17) is 15.2 Å². The molecule has 1 amide bonds. The predicted octanol–water partition coefficient (Wildman–Crippen LogP) is 2.57. The topological polar surface area (TPSA) is 73.6 Å². The average molecular weight is 298 g/mol. The minimum absolute atomic E-state index is 0.0797. The highest BCUT2D eigenvalue weighted by Crippen LogP contribution is 2.17. The Kier molecular flexibility index (Phi) is 6.58. The Balaban J connectivity index is 2.21. The van der Waals surface area contributed by atoms with Crippen LogP contribution in [0.2, 0.25) is 0 Å². The van der Waals surface area contributed by atoms with Gasteiger partial charge in [-0.15, -0.1) is 0 Å². The number of nitrogen functional groups attached to an aromatic ring is 1. The first kappa shape index (κ1) is 17.4. The number of anilines is 2. The summed E-state index contributed by atoms with van der Waals surface area (Å²) in [6, 6.07) is 4.03. The first-order valence-corrected chi connectivity index (χ1v) is 6.84. The van der Waals surface area contributed by atoms with Gasteiger partial charge in [0.2, 0.25) is 5.91 Å². The maximum atomic E-state index is 13.4. The van der Waals surface area contributed by atoms with E-state index < -0.39 is 5.82 Å². The molecule has 0 saturated carbocycles. The summed E-state index contributed by atoms with van der Waals surface area (Å²) in [5, 5.41) is 2.46. The van der Waals surface area contributed by atoms with E-state index in [0.29, 0.717) is 18.9 Å². The fourth-order valence-electron chi connectivity index (χ4n) is 1.53. The summed E-state index contributed by atoms with van der Waals surface area (Å²) in [6.07, 6.45) is 0.143. The van der Waals surface area contributed by atoms with Gasteiger partial charge < -0.3 is 20.5 Å². The van der Waals surface area contributed by atoms with Gasteiger partial charge in [-0.3, -0.25) is 4.79 Å². The fraction of sp³-hybridized carbons (Fsp3) is 0.533. The largest absolute Gasteiger partial charge is 0.399 e. The van der Waals surface area contributed by atoms with Crippen LogP contribution in [-0.2, 0) is 14.3 Å². The molecule has 0 aliphatic rings. The Hall–Kier alpha value is -1.66. The molecule has 0 aromatic heterocycles. The molecule has 5 nitrogen and oxygen atoms in total. The summed E-state index contributed by atoms with van der Waals surface area (Å²) in [4.78, 5) is 11.6. The lowest BCUT2D eigenvalue weighted by Gasteiger charge is -2.19. The molecule has 1 aromatic carbocycles. The van der Waals surface area contributed by atoms with Crippen molar-refractivity contribution < 1.29 is 18.7 Å². The lowest BCUT2D eigenvalue weighted by atomic mass is 10.2. The minimum atomic E-state index is -0.517. The molecule has 0 fully saturated rings. The molecule has 0 saturated heterocycles. The fourth-order valence-corrected chi connectivity index (χ4v) is 1.53. The Morgan fingerprint density at radius 3 is 2.67 bits per heavy atom. The molecule has 21 heavy (non-hydrogen) atoms. The van der Waals surface area contributed by atoms with Gasteiger partial charge in [-0.25, -0.2) is 4.39 Å². The highest BCUT2D eigenvalue weighted by atomic mass is 19.1. The normalized spacial score (nSPS) is 11.4. The maximum absolute atomic E-state index is 13.4. The SMILES string of the molecule is CC(C)(C)OCCOCCC(=O)Nc1cc(N)ccc1F. The lowest BCUT2D eigenvalue weighted by molar-refractivity contribution is -0.117. The van der Waals surface area contributed by atoms with Crippen LogP contribution in [0.25, 0.3) is 0 Å². The molecule has 6 heteroatoms. The van der Waals surface area contributed by atoms with Gasteiger partial charge in [0, 0.05) is 5.69 Å². The summed E-state index contributed by atoms with van der Waals surface area (Å²) in [7, 11) is 0. The van der Waals surface area contributed by atoms with E-state index in [9.17, 15) is 9.18 Å². The van der Waals surface area contributed by atoms with E-state index in [-0.39, 0.29) is 30.2 Å². The molecular weight excluding hydrogens is 275 g/mol. The maximum Gasteiger partial charge on any atom is 0.226 e. The number of hydrogen-bond donors (Lipinski definition) is 2. The van der Waals surface area contributed by atoms with Crippen molar-refractivity contribution >= 4 is 17.3 Å². The van der Waals surface area contributed by atoms with Crippen molar-refractivity contribution in [1.29, 1.82) is 0 Å². The molecule has 1 aromatic rings. The molecule has 0 unspecified atom stereocenters. The smallest absolute Gasteiger partial charge is 0.226 e. The van der Waals surface area contributed by atoms with Crippen molar-refractivity contribution in [2.75, 3.05) is 30.9 Å². The van der Waals surface area contributed by atoms with E-state index in [0.717, 1.165) is 0 Å². The summed E-state index contributed by atoms with van der Waals surface area (Å²) in [5.74, 6) is -0.840. The Bertz CT molecular complexity index is 472. The molecule has 0 spiro atoms. The molecule has 0 bridgehead atoms. The van der Waals surface area contributed by atoms with E-state index in [1.54, 1.807) is 0 Å². The second-order valence-corrected chi connectivity index (χ2v) is 5.61. The summed E-state index contributed by atoms with van der Waals surface area (Å²) in [5.41, 5.74) is 5.80. The van der Waals surface area contributed by atoms with Crippen LogP contribution in [0.5, 0.6) is 0 Å². The van der Waals surface area contributed by atoms with Crippen LogP contribution in [-0.4, -0.2) is 31.3 Å². The molecule has 3 N–H and O–H groups in total. The van der Waals surface area contributed by atoms with E-state index in [1.165, 1.54) is 18.2 Å². The number of amides is 1. The third kappa shape index (κ3) is 7.63. The van der Waals surface area contributed by atoms with Gasteiger partial charge in [0.1, 0.15) is 5.82 Å². The van der Waals surface area contributed by atoms with Gasteiger partial charge in [-0.05, 0) is 39.0 Å². The summed E-state index contributed by atoms with van der Waals surface area (Å²) >= 11 is 0. The van der Waals surface area contributed by atoms with Crippen LogP contribution in [0.1, 0.15) is 27.2 Å².